The van der Waals surface area contributed by atoms with Gasteiger partial charge in [-0.1, -0.05) is 50.6 Å². The van der Waals surface area contributed by atoms with Crippen LogP contribution in [0.5, 0.6) is 0 Å². The molecule has 0 fully saturated rings. The van der Waals surface area contributed by atoms with Crippen molar-refractivity contribution in [3.05, 3.63) is 35.9 Å². The van der Waals surface area contributed by atoms with Crippen LogP contribution in [-0.4, -0.2) is 23.8 Å². The third-order valence-corrected chi connectivity index (χ3v) is 3.63. The molecule has 0 saturated carbocycles. The summed E-state index contributed by atoms with van der Waals surface area (Å²) < 4.78 is 0. The average molecular weight is 261 g/mol. The molecule has 1 unspecified atom stereocenters. The average Bonchev–Trinajstić information content (AvgIpc) is 2.39. The SMILES string of the molecule is CCCC(C)(C=O)CN(Cc1ccccc1)C(C)C. The molecule has 2 nitrogen and oxygen atoms in total. The molecule has 0 spiro atoms. The molecule has 0 bridgehead atoms. The first-order valence-corrected chi connectivity index (χ1v) is 7.25. The van der Waals surface area contributed by atoms with Gasteiger partial charge in [0.2, 0.25) is 0 Å². The first-order valence-electron chi connectivity index (χ1n) is 7.25. The molecule has 0 heterocycles. The highest BCUT2D eigenvalue weighted by Gasteiger charge is 2.27. The van der Waals surface area contributed by atoms with Crippen LogP contribution in [0, 0.1) is 5.41 Å². The van der Waals surface area contributed by atoms with Crippen molar-refractivity contribution in [2.45, 2.75) is 53.1 Å². The largest absolute Gasteiger partial charge is 0.303 e. The fraction of sp³-hybridized carbons (Fsp3) is 0.588. The predicted molar refractivity (Wildman–Crippen MR) is 81.1 cm³/mol. The summed E-state index contributed by atoms with van der Waals surface area (Å²) in [5.41, 5.74) is 1.08. The van der Waals surface area contributed by atoms with E-state index in [1.165, 1.54) is 5.56 Å². The molecule has 1 rings (SSSR count). The molecule has 106 valence electrons. The third-order valence-electron chi connectivity index (χ3n) is 3.63. The zero-order valence-corrected chi connectivity index (χ0v) is 12.7. The minimum absolute atomic E-state index is 0.228. The molecular formula is C17H27NO. The van der Waals surface area contributed by atoms with Crippen molar-refractivity contribution in [3.63, 3.8) is 0 Å². The summed E-state index contributed by atoms with van der Waals surface area (Å²) in [5.74, 6) is 0. The van der Waals surface area contributed by atoms with E-state index in [1.807, 2.05) is 6.07 Å². The monoisotopic (exact) mass is 261 g/mol. The number of carbonyl (C=O) groups is 1. The first-order chi connectivity index (χ1) is 9.00. The maximum absolute atomic E-state index is 11.4. The Morgan fingerprint density at radius 1 is 1.26 bits per heavy atom. The number of hydrogen-bond donors (Lipinski definition) is 0. The minimum Gasteiger partial charge on any atom is -0.303 e. The molecule has 1 atom stereocenters. The van der Waals surface area contributed by atoms with E-state index in [2.05, 4.69) is 56.9 Å². The van der Waals surface area contributed by atoms with Crippen LogP contribution in [0.15, 0.2) is 30.3 Å². The molecule has 0 aliphatic rings. The lowest BCUT2D eigenvalue weighted by atomic mass is 9.86. The van der Waals surface area contributed by atoms with E-state index in [0.29, 0.717) is 6.04 Å². The molecule has 0 radical (unpaired) electrons. The van der Waals surface area contributed by atoms with Gasteiger partial charge in [0, 0.05) is 24.5 Å². The molecule has 0 amide bonds. The second-order valence-electron chi connectivity index (χ2n) is 6.01. The molecule has 1 aromatic rings. The fourth-order valence-corrected chi connectivity index (χ4v) is 2.45. The lowest BCUT2D eigenvalue weighted by Gasteiger charge is -2.34. The number of aldehydes is 1. The second kappa shape index (κ2) is 7.44. The summed E-state index contributed by atoms with van der Waals surface area (Å²) in [6.07, 6.45) is 3.14. The summed E-state index contributed by atoms with van der Waals surface area (Å²) in [4.78, 5) is 13.8. The van der Waals surface area contributed by atoms with Crippen LogP contribution in [0.1, 0.15) is 46.1 Å². The quantitative estimate of drug-likeness (QED) is 0.661. The highest BCUT2D eigenvalue weighted by Crippen LogP contribution is 2.24. The molecule has 0 aromatic heterocycles. The van der Waals surface area contributed by atoms with Gasteiger partial charge in [0.05, 0.1) is 0 Å². The Kier molecular flexibility index (Phi) is 6.23. The Labute approximate surface area is 117 Å². The Balaban J connectivity index is 2.75. The Hall–Kier alpha value is -1.15. The van der Waals surface area contributed by atoms with Gasteiger partial charge in [0.25, 0.3) is 0 Å². The van der Waals surface area contributed by atoms with Crippen molar-refractivity contribution < 1.29 is 4.79 Å². The van der Waals surface area contributed by atoms with Gasteiger partial charge < -0.3 is 4.79 Å². The van der Waals surface area contributed by atoms with Crippen LogP contribution >= 0.6 is 0 Å². The number of hydrogen-bond acceptors (Lipinski definition) is 2. The van der Waals surface area contributed by atoms with Gasteiger partial charge in [-0.25, -0.2) is 0 Å². The van der Waals surface area contributed by atoms with Gasteiger partial charge in [0.15, 0.2) is 0 Å². The lowest BCUT2D eigenvalue weighted by Crippen LogP contribution is -2.40. The Bertz CT molecular complexity index is 374. The third kappa shape index (κ3) is 5.15. The van der Waals surface area contributed by atoms with Gasteiger partial charge in [-0.15, -0.1) is 0 Å². The second-order valence-corrected chi connectivity index (χ2v) is 6.01. The normalized spacial score (nSPS) is 14.6. The molecular weight excluding hydrogens is 234 g/mol. The number of carbonyl (C=O) groups excluding carboxylic acids is 1. The van der Waals surface area contributed by atoms with E-state index in [0.717, 1.165) is 32.2 Å². The predicted octanol–water partition coefficient (Wildman–Crippen LogP) is 3.90. The van der Waals surface area contributed by atoms with Gasteiger partial charge in [-0.2, -0.15) is 0 Å². The van der Waals surface area contributed by atoms with Crippen LogP contribution in [0.3, 0.4) is 0 Å². The lowest BCUT2D eigenvalue weighted by molar-refractivity contribution is -0.117. The molecule has 0 saturated heterocycles. The minimum atomic E-state index is -0.228. The summed E-state index contributed by atoms with van der Waals surface area (Å²) in [5, 5.41) is 0. The molecule has 1 aromatic carbocycles. The number of benzene rings is 1. The molecule has 0 aliphatic carbocycles. The molecule has 0 N–H and O–H groups in total. The van der Waals surface area contributed by atoms with E-state index in [9.17, 15) is 4.79 Å². The maximum Gasteiger partial charge on any atom is 0.127 e. The van der Waals surface area contributed by atoms with E-state index in [4.69, 9.17) is 0 Å². The van der Waals surface area contributed by atoms with Crippen molar-refractivity contribution in [3.8, 4) is 0 Å². The van der Waals surface area contributed by atoms with Crippen LogP contribution in [0.4, 0.5) is 0 Å². The van der Waals surface area contributed by atoms with Gasteiger partial charge in [-0.05, 0) is 25.8 Å². The highest BCUT2D eigenvalue weighted by molar-refractivity contribution is 5.59. The van der Waals surface area contributed by atoms with Crippen LogP contribution < -0.4 is 0 Å². The zero-order chi connectivity index (χ0) is 14.3. The van der Waals surface area contributed by atoms with Gasteiger partial charge >= 0.3 is 0 Å². The topological polar surface area (TPSA) is 20.3 Å². The standard InChI is InChI=1S/C17H27NO/c1-5-11-17(4,14-19)13-18(15(2)3)12-16-9-7-6-8-10-16/h6-10,14-15H,5,11-13H2,1-4H3. The summed E-state index contributed by atoms with van der Waals surface area (Å²) in [6.45, 7) is 10.3. The van der Waals surface area contributed by atoms with E-state index in [1.54, 1.807) is 0 Å². The van der Waals surface area contributed by atoms with Crippen molar-refractivity contribution >= 4 is 6.29 Å². The van der Waals surface area contributed by atoms with Crippen molar-refractivity contribution in [1.82, 2.24) is 4.90 Å². The zero-order valence-electron chi connectivity index (χ0n) is 12.7. The van der Waals surface area contributed by atoms with E-state index in [-0.39, 0.29) is 5.41 Å². The maximum atomic E-state index is 11.4. The van der Waals surface area contributed by atoms with Gasteiger partial charge in [-0.3, -0.25) is 4.90 Å². The van der Waals surface area contributed by atoms with Crippen molar-refractivity contribution in [1.29, 1.82) is 0 Å². The van der Waals surface area contributed by atoms with Gasteiger partial charge in [0.1, 0.15) is 6.29 Å². The summed E-state index contributed by atoms with van der Waals surface area (Å²) >= 11 is 0. The van der Waals surface area contributed by atoms with Crippen LogP contribution in [0.2, 0.25) is 0 Å². The van der Waals surface area contributed by atoms with Crippen LogP contribution in [-0.2, 0) is 11.3 Å². The van der Waals surface area contributed by atoms with E-state index >= 15 is 0 Å². The highest BCUT2D eigenvalue weighted by atomic mass is 16.1. The Morgan fingerprint density at radius 3 is 2.37 bits per heavy atom. The van der Waals surface area contributed by atoms with E-state index < -0.39 is 0 Å². The summed E-state index contributed by atoms with van der Waals surface area (Å²) in [7, 11) is 0. The number of rotatable bonds is 8. The first kappa shape index (κ1) is 15.9. The van der Waals surface area contributed by atoms with Crippen molar-refractivity contribution in [2.75, 3.05) is 6.54 Å². The molecule has 19 heavy (non-hydrogen) atoms. The van der Waals surface area contributed by atoms with Crippen molar-refractivity contribution in [2.24, 2.45) is 5.41 Å². The smallest absolute Gasteiger partial charge is 0.127 e. The summed E-state index contributed by atoms with van der Waals surface area (Å²) in [6, 6.07) is 10.9. The molecule has 0 aliphatic heterocycles. The van der Waals surface area contributed by atoms with Crippen LogP contribution in [0.25, 0.3) is 0 Å². The fourth-order valence-electron chi connectivity index (χ4n) is 2.45. The number of nitrogens with zero attached hydrogens (tertiary/aromatic N) is 1. The molecule has 2 heteroatoms. The Morgan fingerprint density at radius 2 is 1.89 bits per heavy atom.